The average molecular weight is 602 g/mol. The van der Waals surface area contributed by atoms with E-state index in [9.17, 15) is 19.5 Å². The number of aliphatic hydroxyl groups is 1. The Kier molecular flexibility index (Phi) is 9.96. The van der Waals surface area contributed by atoms with Crippen LogP contribution in [-0.2, 0) is 19.1 Å². The van der Waals surface area contributed by atoms with Gasteiger partial charge in [-0.25, -0.2) is 0 Å². The number of hydrogen-bond acceptors (Lipinski definition) is 8. The zero-order chi connectivity index (χ0) is 32.2. The van der Waals surface area contributed by atoms with E-state index >= 15 is 0 Å². The van der Waals surface area contributed by atoms with Crippen molar-refractivity contribution < 1.29 is 33.7 Å². The maximum Gasteiger partial charge on any atom is 0.316 e. The van der Waals surface area contributed by atoms with Gasteiger partial charge in [0.05, 0.1) is 23.4 Å². The fraction of sp³-hybridized carbons (Fsp3) is 0.417. The molecule has 3 aromatic carbocycles. The van der Waals surface area contributed by atoms with Crippen LogP contribution >= 0.6 is 0 Å². The van der Waals surface area contributed by atoms with Crippen molar-refractivity contribution in [3.8, 4) is 22.6 Å². The first-order chi connectivity index (χ1) is 20.6. The number of aliphatic hydroxyl groups excluding tert-OH is 1. The Morgan fingerprint density at radius 2 is 1.32 bits per heavy atom. The number of hydrogen-bond donors (Lipinski definition) is 2. The fourth-order valence-corrected chi connectivity index (χ4v) is 4.83. The Balaban J connectivity index is 1.35. The summed E-state index contributed by atoms with van der Waals surface area (Å²) in [7, 11) is 0. The number of benzene rings is 3. The summed E-state index contributed by atoms with van der Waals surface area (Å²) in [6.07, 6.45) is -0.863. The summed E-state index contributed by atoms with van der Waals surface area (Å²) in [4.78, 5) is 37.9. The van der Waals surface area contributed by atoms with Crippen LogP contribution in [-0.4, -0.2) is 42.2 Å². The topological polar surface area (TPSA) is 111 Å². The van der Waals surface area contributed by atoms with Gasteiger partial charge in [0.25, 0.3) is 0 Å². The van der Waals surface area contributed by atoms with E-state index in [0.29, 0.717) is 5.56 Å². The lowest BCUT2D eigenvalue weighted by molar-refractivity contribution is -0.145. The molecule has 0 amide bonds. The molecule has 2 atom stereocenters. The first kappa shape index (κ1) is 32.9. The molecule has 0 saturated heterocycles. The van der Waals surface area contributed by atoms with Crippen LogP contribution in [0.1, 0.15) is 83.6 Å². The van der Waals surface area contributed by atoms with E-state index in [2.05, 4.69) is 29.6 Å². The van der Waals surface area contributed by atoms with Crippen LogP contribution in [0.4, 0.5) is 0 Å². The highest BCUT2D eigenvalue weighted by Crippen LogP contribution is 2.44. The van der Waals surface area contributed by atoms with E-state index in [0.717, 1.165) is 11.1 Å². The van der Waals surface area contributed by atoms with Crippen molar-refractivity contribution in [2.24, 2.45) is 10.8 Å². The smallest absolute Gasteiger partial charge is 0.316 e. The molecule has 3 aromatic rings. The summed E-state index contributed by atoms with van der Waals surface area (Å²) >= 11 is 0. The maximum atomic E-state index is 12.8. The summed E-state index contributed by atoms with van der Waals surface area (Å²) in [6.45, 7) is 12.6. The maximum absolute atomic E-state index is 12.8. The van der Waals surface area contributed by atoms with E-state index in [4.69, 9.17) is 14.2 Å². The van der Waals surface area contributed by atoms with E-state index in [1.165, 1.54) is 23.3 Å². The lowest BCUT2D eigenvalue weighted by Crippen LogP contribution is -2.33. The van der Waals surface area contributed by atoms with Crippen molar-refractivity contribution in [2.75, 3.05) is 13.2 Å². The van der Waals surface area contributed by atoms with Crippen molar-refractivity contribution in [3.63, 3.8) is 0 Å². The molecule has 1 aliphatic carbocycles. The zero-order valence-corrected chi connectivity index (χ0v) is 26.6. The summed E-state index contributed by atoms with van der Waals surface area (Å²) in [5, 5.41) is 14.1. The third-order valence-electron chi connectivity index (χ3n) is 7.49. The molecule has 4 rings (SSSR count). The van der Waals surface area contributed by atoms with Crippen molar-refractivity contribution in [1.82, 2.24) is 5.32 Å². The van der Waals surface area contributed by atoms with Gasteiger partial charge in [-0.05, 0) is 88.4 Å². The van der Waals surface area contributed by atoms with Gasteiger partial charge in [-0.15, -0.1) is 0 Å². The van der Waals surface area contributed by atoms with Crippen molar-refractivity contribution in [2.45, 2.75) is 73.0 Å². The molecule has 2 N–H and O–H groups in total. The Hall–Kier alpha value is -4.01. The van der Waals surface area contributed by atoms with Crippen LogP contribution in [0.5, 0.6) is 11.5 Å². The molecule has 8 heteroatoms. The standard InChI is InChI=1S/C36H43NO7/c1-22(18-32(39)42-21-28-26-14-10-8-12-24(26)25-13-9-11-15-27(25)28)37-20-29(38)23-16-17-30(43-33(40)35(2,3)4)31(19-23)44-34(41)36(5,6)7/h8-17,19,22,28-29,37-38H,18,20-21H2,1-7H3. The van der Waals surface area contributed by atoms with Crippen LogP contribution in [0.25, 0.3) is 11.1 Å². The molecule has 0 aliphatic heterocycles. The van der Waals surface area contributed by atoms with Gasteiger partial charge < -0.3 is 24.6 Å². The number of carbonyl (C=O) groups excluding carboxylic acids is 3. The molecule has 234 valence electrons. The minimum atomic E-state index is -0.987. The molecule has 8 nitrogen and oxygen atoms in total. The molecule has 2 unspecified atom stereocenters. The van der Waals surface area contributed by atoms with Gasteiger partial charge in [-0.2, -0.15) is 0 Å². The molecule has 0 aromatic heterocycles. The molecule has 0 saturated carbocycles. The molecule has 0 bridgehead atoms. The van der Waals surface area contributed by atoms with Crippen LogP contribution < -0.4 is 14.8 Å². The quantitative estimate of drug-likeness (QED) is 0.204. The lowest BCUT2D eigenvalue weighted by Gasteiger charge is -2.22. The summed E-state index contributed by atoms with van der Waals surface area (Å²) < 4.78 is 16.9. The number of nitrogens with one attached hydrogen (secondary N) is 1. The van der Waals surface area contributed by atoms with E-state index in [1.807, 2.05) is 31.2 Å². The van der Waals surface area contributed by atoms with Crippen molar-refractivity contribution in [1.29, 1.82) is 0 Å². The minimum Gasteiger partial charge on any atom is -0.465 e. The van der Waals surface area contributed by atoms with E-state index in [-0.39, 0.29) is 49.0 Å². The molecule has 0 fully saturated rings. The van der Waals surface area contributed by atoms with Gasteiger partial charge in [0.2, 0.25) is 0 Å². The number of esters is 3. The number of ether oxygens (including phenoxy) is 3. The molecule has 0 radical (unpaired) electrons. The number of fused-ring (bicyclic) bond motifs is 3. The van der Waals surface area contributed by atoms with Crippen LogP contribution in [0.2, 0.25) is 0 Å². The predicted molar refractivity (Wildman–Crippen MR) is 168 cm³/mol. The molecule has 0 spiro atoms. The summed E-state index contributed by atoms with van der Waals surface area (Å²) in [6, 6.07) is 20.7. The lowest BCUT2D eigenvalue weighted by atomic mass is 9.97. The monoisotopic (exact) mass is 601 g/mol. The van der Waals surface area contributed by atoms with E-state index in [1.54, 1.807) is 47.6 Å². The highest BCUT2D eigenvalue weighted by molar-refractivity contribution is 5.81. The van der Waals surface area contributed by atoms with Gasteiger partial charge in [0.1, 0.15) is 6.61 Å². The Morgan fingerprint density at radius 3 is 1.86 bits per heavy atom. The minimum absolute atomic E-state index is 0.0105. The van der Waals surface area contributed by atoms with Gasteiger partial charge in [-0.1, -0.05) is 54.6 Å². The molecule has 1 aliphatic rings. The van der Waals surface area contributed by atoms with Gasteiger partial charge >= 0.3 is 17.9 Å². The second kappa shape index (κ2) is 13.3. The highest BCUT2D eigenvalue weighted by Gasteiger charge is 2.30. The second-order valence-corrected chi connectivity index (χ2v) is 13.4. The molecule has 44 heavy (non-hydrogen) atoms. The number of carbonyl (C=O) groups is 3. The summed E-state index contributed by atoms with van der Waals surface area (Å²) in [5.74, 6) is -1.19. The molecule has 0 heterocycles. The molecular formula is C36H43NO7. The van der Waals surface area contributed by atoms with E-state index < -0.39 is 28.9 Å². The largest absolute Gasteiger partial charge is 0.465 e. The predicted octanol–water partition coefficient (Wildman–Crippen LogP) is 6.35. The van der Waals surface area contributed by atoms with Crippen LogP contribution in [0.3, 0.4) is 0 Å². The zero-order valence-electron chi connectivity index (χ0n) is 26.6. The van der Waals surface area contributed by atoms with Crippen LogP contribution in [0.15, 0.2) is 66.7 Å². The first-order valence-corrected chi connectivity index (χ1v) is 15.0. The Labute approximate surface area is 259 Å². The third kappa shape index (κ3) is 7.92. The Bertz CT molecular complexity index is 1470. The summed E-state index contributed by atoms with van der Waals surface area (Å²) in [5.41, 5.74) is 3.55. The van der Waals surface area contributed by atoms with Gasteiger partial charge in [0.15, 0.2) is 11.5 Å². The second-order valence-electron chi connectivity index (χ2n) is 13.4. The van der Waals surface area contributed by atoms with Gasteiger partial charge in [-0.3, -0.25) is 14.4 Å². The first-order valence-electron chi connectivity index (χ1n) is 15.0. The Morgan fingerprint density at radius 1 is 0.795 bits per heavy atom. The van der Waals surface area contributed by atoms with Gasteiger partial charge in [0, 0.05) is 18.5 Å². The van der Waals surface area contributed by atoms with Crippen molar-refractivity contribution >= 4 is 17.9 Å². The SMILES string of the molecule is CC(CC(=O)OCC1c2ccccc2-c2ccccc21)NCC(O)c1ccc(OC(=O)C(C)(C)C)c(OC(=O)C(C)(C)C)c1. The van der Waals surface area contributed by atoms with Crippen molar-refractivity contribution in [3.05, 3.63) is 83.4 Å². The normalized spacial score (nSPS) is 14.3. The number of rotatable bonds is 10. The fourth-order valence-electron chi connectivity index (χ4n) is 4.83. The average Bonchev–Trinajstić information content (AvgIpc) is 3.28. The molecular weight excluding hydrogens is 558 g/mol. The van der Waals surface area contributed by atoms with Crippen LogP contribution in [0, 0.1) is 10.8 Å². The third-order valence-corrected chi connectivity index (χ3v) is 7.49. The highest BCUT2D eigenvalue weighted by atomic mass is 16.6.